The molecule has 0 amide bonds. The van der Waals surface area contributed by atoms with E-state index in [1.54, 1.807) is 4.31 Å². The van der Waals surface area contributed by atoms with Crippen LogP contribution in [0.4, 0.5) is 0 Å². The van der Waals surface area contributed by atoms with Gasteiger partial charge in [0.15, 0.2) is 0 Å². The van der Waals surface area contributed by atoms with Crippen molar-refractivity contribution in [2.75, 3.05) is 32.8 Å². The Bertz CT molecular complexity index is 286. The molecule has 1 rings (SSSR count). The Labute approximate surface area is 98.2 Å². The summed E-state index contributed by atoms with van der Waals surface area (Å²) in [5.41, 5.74) is 0. The van der Waals surface area contributed by atoms with Crippen molar-refractivity contribution in [2.24, 2.45) is 0 Å². The van der Waals surface area contributed by atoms with Crippen LogP contribution < -0.4 is 0 Å². The SMILES string of the molecule is CCN(CCCO)S(=O)(=O)N1CCCCC1. The molecule has 5 nitrogen and oxygen atoms in total. The molecule has 1 N–H and O–H groups in total. The zero-order valence-corrected chi connectivity index (χ0v) is 10.7. The highest BCUT2D eigenvalue weighted by Crippen LogP contribution is 2.16. The van der Waals surface area contributed by atoms with Gasteiger partial charge in [0.1, 0.15) is 0 Å². The Kier molecular flexibility index (Phi) is 5.68. The first-order chi connectivity index (χ1) is 7.62. The molecular weight excluding hydrogens is 228 g/mol. The van der Waals surface area contributed by atoms with Gasteiger partial charge in [-0.2, -0.15) is 17.0 Å². The molecule has 6 heteroatoms. The molecule has 1 fully saturated rings. The Morgan fingerprint density at radius 1 is 1.25 bits per heavy atom. The number of aliphatic hydroxyl groups excluding tert-OH is 1. The lowest BCUT2D eigenvalue weighted by Crippen LogP contribution is -2.46. The van der Waals surface area contributed by atoms with Gasteiger partial charge in [-0.3, -0.25) is 0 Å². The smallest absolute Gasteiger partial charge is 0.281 e. The van der Waals surface area contributed by atoms with Crippen LogP contribution in [0.1, 0.15) is 32.6 Å². The summed E-state index contributed by atoms with van der Waals surface area (Å²) in [6, 6.07) is 0. The van der Waals surface area contributed by atoms with Gasteiger partial charge in [0, 0.05) is 32.8 Å². The van der Waals surface area contributed by atoms with E-state index < -0.39 is 10.2 Å². The van der Waals surface area contributed by atoms with E-state index in [0.29, 0.717) is 32.6 Å². The standard InChI is InChI=1S/C10H22N2O3S/c1-2-11(9-6-10-13)16(14,15)12-7-4-3-5-8-12/h13H,2-10H2,1H3. The fourth-order valence-electron chi connectivity index (χ4n) is 1.94. The van der Waals surface area contributed by atoms with Crippen LogP contribution in [0, 0.1) is 0 Å². The largest absolute Gasteiger partial charge is 0.396 e. The zero-order valence-electron chi connectivity index (χ0n) is 9.93. The summed E-state index contributed by atoms with van der Waals surface area (Å²) in [6.45, 7) is 4.02. The third kappa shape index (κ3) is 3.41. The first kappa shape index (κ1) is 13.9. The molecule has 96 valence electrons. The fraction of sp³-hybridized carbons (Fsp3) is 1.00. The van der Waals surface area contributed by atoms with Gasteiger partial charge in [0.25, 0.3) is 10.2 Å². The average Bonchev–Trinajstić information content (AvgIpc) is 2.31. The van der Waals surface area contributed by atoms with Crippen molar-refractivity contribution >= 4 is 10.2 Å². The highest BCUT2D eigenvalue weighted by molar-refractivity contribution is 7.86. The van der Waals surface area contributed by atoms with Crippen LogP contribution >= 0.6 is 0 Å². The van der Waals surface area contributed by atoms with Gasteiger partial charge in [-0.05, 0) is 19.3 Å². The van der Waals surface area contributed by atoms with Gasteiger partial charge in [-0.25, -0.2) is 0 Å². The molecule has 0 aliphatic carbocycles. The third-order valence-electron chi connectivity index (χ3n) is 2.89. The molecule has 16 heavy (non-hydrogen) atoms. The summed E-state index contributed by atoms with van der Waals surface area (Å²) in [7, 11) is -3.29. The van der Waals surface area contributed by atoms with Gasteiger partial charge in [0.05, 0.1) is 0 Å². The predicted molar refractivity (Wildman–Crippen MR) is 63.3 cm³/mol. The fourth-order valence-corrected chi connectivity index (χ4v) is 3.67. The summed E-state index contributed by atoms with van der Waals surface area (Å²) in [5.74, 6) is 0. The highest BCUT2D eigenvalue weighted by Gasteiger charge is 2.28. The van der Waals surface area contributed by atoms with Crippen molar-refractivity contribution < 1.29 is 13.5 Å². The summed E-state index contributed by atoms with van der Waals surface area (Å²) >= 11 is 0. The lowest BCUT2D eigenvalue weighted by molar-refractivity contribution is 0.260. The van der Waals surface area contributed by atoms with E-state index in [4.69, 9.17) is 5.11 Å². The minimum Gasteiger partial charge on any atom is -0.396 e. The van der Waals surface area contributed by atoms with Gasteiger partial charge in [-0.1, -0.05) is 13.3 Å². The van der Waals surface area contributed by atoms with Crippen molar-refractivity contribution in [1.29, 1.82) is 0 Å². The third-order valence-corrected chi connectivity index (χ3v) is 5.00. The van der Waals surface area contributed by atoms with Crippen LogP contribution in [-0.2, 0) is 10.2 Å². The van der Waals surface area contributed by atoms with E-state index in [1.807, 2.05) is 6.92 Å². The van der Waals surface area contributed by atoms with E-state index in [0.717, 1.165) is 19.3 Å². The topological polar surface area (TPSA) is 60.9 Å². The molecule has 0 bridgehead atoms. The molecule has 1 aliphatic rings. The van der Waals surface area contributed by atoms with E-state index in [2.05, 4.69) is 0 Å². The van der Waals surface area contributed by atoms with Gasteiger partial charge in [0.2, 0.25) is 0 Å². The molecule has 1 heterocycles. The predicted octanol–water partition coefficient (Wildman–Crippen LogP) is 0.421. The zero-order chi connectivity index (χ0) is 12.0. The number of hydrogen-bond donors (Lipinski definition) is 1. The second-order valence-corrected chi connectivity index (χ2v) is 5.96. The lowest BCUT2D eigenvalue weighted by atomic mass is 10.2. The second-order valence-electron chi connectivity index (χ2n) is 4.04. The molecule has 0 aromatic carbocycles. The normalized spacial score (nSPS) is 19.2. The van der Waals surface area contributed by atoms with Gasteiger partial charge in [-0.15, -0.1) is 0 Å². The van der Waals surface area contributed by atoms with Crippen LogP contribution in [0.2, 0.25) is 0 Å². The Morgan fingerprint density at radius 2 is 1.88 bits per heavy atom. The number of hydrogen-bond acceptors (Lipinski definition) is 3. The first-order valence-electron chi connectivity index (χ1n) is 5.99. The molecule has 1 saturated heterocycles. The van der Waals surface area contributed by atoms with Crippen molar-refractivity contribution in [2.45, 2.75) is 32.6 Å². The Hall–Kier alpha value is -0.170. The molecule has 0 aromatic rings. The molecule has 0 radical (unpaired) electrons. The first-order valence-corrected chi connectivity index (χ1v) is 7.38. The van der Waals surface area contributed by atoms with Crippen molar-refractivity contribution in [3.63, 3.8) is 0 Å². The van der Waals surface area contributed by atoms with Crippen LogP contribution in [0.5, 0.6) is 0 Å². The number of aliphatic hydroxyl groups is 1. The maximum absolute atomic E-state index is 12.2. The highest BCUT2D eigenvalue weighted by atomic mass is 32.2. The molecule has 0 aromatic heterocycles. The molecule has 0 spiro atoms. The van der Waals surface area contributed by atoms with Crippen molar-refractivity contribution in [3.8, 4) is 0 Å². The number of piperidine rings is 1. The lowest BCUT2D eigenvalue weighted by Gasteiger charge is -2.31. The van der Waals surface area contributed by atoms with Gasteiger partial charge >= 0.3 is 0 Å². The average molecular weight is 250 g/mol. The Balaban J connectivity index is 2.64. The Morgan fingerprint density at radius 3 is 2.38 bits per heavy atom. The van der Waals surface area contributed by atoms with Crippen LogP contribution in [0.3, 0.4) is 0 Å². The summed E-state index contributed by atoms with van der Waals surface area (Å²) in [4.78, 5) is 0. The van der Waals surface area contributed by atoms with E-state index >= 15 is 0 Å². The van der Waals surface area contributed by atoms with E-state index in [1.165, 1.54) is 4.31 Å². The van der Waals surface area contributed by atoms with Crippen LogP contribution in [0.15, 0.2) is 0 Å². The summed E-state index contributed by atoms with van der Waals surface area (Å²) < 4.78 is 27.4. The van der Waals surface area contributed by atoms with Crippen molar-refractivity contribution in [1.82, 2.24) is 8.61 Å². The number of rotatable bonds is 6. The molecule has 0 saturated carbocycles. The maximum atomic E-state index is 12.2. The van der Waals surface area contributed by atoms with Crippen LogP contribution in [0.25, 0.3) is 0 Å². The van der Waals surface area contributed by atoms with Crippen LogP contribution in [-0.4, -0.2) is 54.9 Å². The quantitative estimate of drug-likeness (QED) is 0.743. The summed E-state index contributed by atoms with van der Waals surface area (Å²) in [5, 5.41) is 8.75. The van der Waals surface area contributed by atoms with Crippen molar-refractivity contribution in [3.05, 3.63) is 0 Å². The van der Waals surface area contributed by atoms with E-state index in [9.17, 15) is 8.42 Å². The minimum atomic E-state index is -3.29. The molecule has 1 aliphatic heterocycles. The maximum Gasteiger partial charge on any atom is 0.281 e. The molecular formula is C10H22N2O3S. The van der Waals surface area contributed by atoms with Gasteiger partial charge < -0.3 is 5.11 Å². The summed E-state index contributed by atoms with van der Waals surface area (Å²) in [6.07, 6.45) is 3.53. The van der Waals surface area contributed by atoms with E-state index in [-0.39, 0.29) is 6.61 Å². The minimum absolute atomic E-state index is 0.0338. The monoisotopic (exact) mass is 250 g/mol. The second kappa shape index (κ2) is 6.54. The number of nitrogens with zero attached hydrogens (tertiary/aromatic N) is 2. The molecule has 0 unspecified atom stereocenters. The molecule has 0 atom stereocenters.